The molecule has 1 aromatic rings. The van der Waals surface area contributed by atoms with Crippen LogP contribution in [0.25, 0.3) is 0 Å². The third-order valence-corrected chi connectivity index (χ3v) is 3.35. The van der Waals surface area contributed by atoms with E-state index in [4.69, 9.17) is 10.5 Å². The van der Waals surface area contributed by atoms with Crippen LogP contribution < -0.4 is 15.8 Å². The lowest BCUT2D eigenvalue weighted by molar-refractivity contribution is 0.0953. The van der Waals surface area contributed by atoms with E-state index in [0.717, 1.165) is 31.8 Å². The highest BCUT2D eigenvalue weighted by Gasteiger charge is 2.05. The van der Waals surface area contributed by atoms with E-state index in [1.807, 2.05) is 12.1 Å². The molecule has 0 fully saturated rings. The number of likely N-dealkylation sites (N-methyl/N-ethyl adjacent to an activating group) is 1. The Morgan fingerprint density at radius 3 is 2.48 bits per heavy atom. The van der Waals surface area contributed by atoms with Crippen LogP contribution in [-0.2, 0) is 0 Å². The van der Waals surface area contributed by atoms with E-state index < -0.39 is 0 Å². The molecule has 0 atom stereocenters. The van der Waals surface area contributed by atoms with E-state index in [9.17, 15) is 4.79 Å². The van der Waals surface area contributed by atoms with Crippen LogP contribution in [0.15, 0.2) is 24.3 Å². The predicted octanol–water partition coefficient (Wildman–Crippen LogP) is 1.49. The van der Waals surface area contributed by atoms with Crippen LogP contribution in [0.2, 0.25) is 0 Å². The van der Waals surface area contributed by atoms with E-state index in [1.165, 1.54) is 0 Å². The summed E-state index contributed by atoms with van der Waals surface area (Å²) in [5, 5.41) is 2.83. The van der Waals surface area contributed by atoms with Gasteiger partial charge in [0.1, 0.15) is 12.4 Å². The average molecular weight is 293 g/mol. The van der Waals surface area contributed by atoms with Crippen molar-refractivity contribution in [1.82, 2.24) is 10.2 Å². The van der Waals surface area contributed by atoms with Gasteiger partial charge < -0.3 is 20.7 Å². The molecule has 21 heavy (non-hydrogen) atoms. The number of amides is 1. The maximum absolute atomic E-state index is 11.8. The van der Waals surface area contributed by atoms with Crippen LogP contribution in [0, 0.1) is 0 Å². The maximum Gasteiger partial charge on any atom is 0.251 e. The quantitative estimate of drug-likeness (QED) is 0.641. The molecule has 0 saturated carbocycles. The van der Waals surface area contributed by atoms with Crippen molar-refractivity contribution >= 4 is 5.91 Å². The fraction of sp³-hybridized carbons (Fsp3) is 0.562. The molecule has 0 radical (unpaired) electrons. The van der Waals surface area contributed by atoms with Gasteiger partial charge >= 0.3 is 0 Å². The molecule has 1 amide bonds. The fourth-order valence-corrected chi connectivity index (χ4v) is 1.94. The first-order valence-corrected chi connectivity index (χ1v) is 7.64. The molecule has 1 aromatic carbocycles. The van der Waals surface area contributed by atoms with Crippen LogP contribution in [0.3, 0.4) is 0 Å². The van der Waals surface area contributed by atoms with Gasteiger partial charge in [0.2, 0.25) is 0 Å². The minimum Gasteiger partial charge on any atom is -0.492 e. The van der Waals surface area contributed by atoms with Gasteiger partial charge in [0.25, 0.3) is 5.91 Å². The number of benzene rings is 1. The highest BCUT2D eigenvalue weighted by atomic mass is 16.5. The lowest BCUT2D eigenvalue weighted by Crippen LogP contribution is -2.28. The predicted molar refractivity (Wildman–Crippen MR) is 85.7 cm³/mol. The first-order valence-electron chi connectivity index (χ1n) is 7.64. The Bertz CT molecular complexity index is 402. The van der Waals surface area contributed by atoms with Gasteiger partial charge in [-0.3, -0.25) is 4.79 Å². The summed E-state index contributed by atoms with van der Waals surface area (Å²) >= 11 is 0. The molecule has 0 spiro atoms. The summed E-state index contributed by atoms with van der Waals surface area (Å²) in [5.41, 5.74) is 6.03. The SMILES string of the molecule is CCN(CC)CCOc1ccc(C(=O)NCCCN)cc1. The second kappa shape index (κ2) is 10.2. The van der Waals surface area contributed by atoms with Gasteiger partial charge in [-0.25, -0.2) is 0 Å². The molecule has 0 aliphatic rings. The smallest absolute Gasteiger partial charge is 0.251 e. The average Bonchev–Trinajstić information content (AvgIpc) is 2.52. The Morgan fingerprint density at radius 2 is 1.90 bits per heavy atom. The van der Waals surface area contributed by atoms with Gasteiger partial charge in [-0.2, -0.15) is 0 Å². The highest BCUT2D eigenvalue weighted by molar-refractivity contribution is 5.94. The van der Waals surface area contributed by atoms with Crippen molar-refractivity contribution in [2.45, 2.75) is 20.3 Å². The zero-order valence-electron chi connectivity index (χ0n) is 13.1. The van der Waals surface area contributed by atoms with Crippen molar-refractivity contribution in [3.05, 3.63) is 29.8 Å². The summed E-state index contributed by atoms with van der Waals surface area (Å²) in [4.78, 5) is 14.1. The fourth-order valence-electron chi connectivity index (χ4n) is 1.94. The minimum atomic E-state index is -0.0712. The van der Waals surface area contributed by atoms with Crippen LogP contribution in [0.1, 0.15) is 30.6 Å². The van der Waals surface area contributed by atoms with E-state index in [-0.39, 0.29) is 5.91 Å². The van der Waals surface area contributed by atoms with Crippen LogP contribution >= 0.6 is 0 Å². The lowest BCUT2D eigenvalue weighted by Gasteiger charge is -2.18. The largest absolute Gasteiger partial charge is 0.492 e. The number of carbonyl (C=O) groups excluding carboxylic acids is 1. The number of nitrogens with one attached hydrogen (secondary N) is 1. The molecule has 0 aliphatic carbocycles. The van der Waals surface area contributed by atoms with Gasteiger partial charge in [0.05, 0.1) is 0 Å². The molecule has 5 heteroatoms. The van der Waals surface area contributed by atoms with Gasteiger partial charge in [0, 0.05) is 18.7 Å². The molecule has 0 unspecified atom stereocenters. The normalized spacial score (nSPS) is 10.7. The van der Waals surface area contributed by atoms with Crippen molar-refractivity contribution in [3.8, 4) is 5.75 Å². The second-order valence-electron chi connectivity index (χ2n) is 4.80. The molecular weight excluding hydrogens is 266 g/mol. The van der Waals surface area contributed by atoms with E-state index in [1.54, 1.807) is 12.1 Å². The van der Waals surface area contributed by atoms with Crippen molar-refractivity contribution in [2.75, 3.05) is 39.3 Å². The zero-order chi connectivity index (χ0) is 15.5. The number of nitrogens with two attached hydrogens (primary N) is 1. The van der Waals surface area contributed by atoms with Crippen molar-refractivity contribution in [1.29, 1.82) is 0 Å². The van der Waals surface area contributed by atoms with Gasteiger partial charge in [-0.1, -0.05) is 13.8 Å². The summed E-state index contributed by atoms with van der Waals surface area (Å²) in [6, 6.07) is 7.23. The number of ether oxygens (including phenoxy) is 1. The Hall–Kier alpha value is -1.59. The Labute approximate surface area is 127 Å². The van der Waals surface area contributed by atoms with Crippen LogP contribution in [0.5, 0.6) is 5.75 Å². The van der Waals surface area contributed by atoms with E-state index in [2.05, 4.69) is 24.1 Å². The van der Waals surface area contributed by atoms with Gasteiger partial charge in [-0.15, -0.1) is 0 Å². The molecule has 118 valence electrons. The second-order valence-corrected chi connectivity index (χ2v) is 4.80. The number of carbonyl (C=O) groups is 1. The number of hydrogen-bond donors (Lipinski definition) is 2. The Balaban J connectivity index is 2.37. The van der Waals surface area contributed by atoms with Gasteiger partial charge in [-0.05, 0) is 50.3 Å². The number of hydrogen-bond acceptors (Lipinski definition) is 4. The van der Waals surface area contributed by atoms with Crippen LogP contribution in [-0.4, -0.2) is 50.1 Å². The lowest BCUT2D eigenvalue weighted by atomic mass is 10.2. The summed E-state index contributed by atoms with van der Waals surface area (Å²) < 4.78 is 5.68. The number of rotatable bonds is 10. The maximum atomic E-state index is 11.8. The molecule has 0 heterocycles. The van der Waals surface area contributed by atoms with Crippen molar-refractivity contribution in [3.63, 3.8) is 0 Å². The van der Waals surface area contributed by atoms with Gasteiger partial charge in [0.15, 0.2) is 0 Å². The van der Waals surface area contributed by atoms with E-state index in [0.29, 0.717) is 25.3 Å². The first kappa shape index (κ1) is 17.5. The van der Waals surface area contributed by atoms with E-state index >= 15 is 0 Å². The standard InChI is InChI=1S/C16H27N3O2/c1-3-19(4-2)12-13-21-15-8-6-14(7-9-15)16(20)18-11-5-10-17/h6-9H,3-5,10-13,17H2,1-2H3,(H,18,20). The van der Waals surface area contributed by atoms with Crippen molar-refractivity contribution in [2.24, 2.45) is 5.73 Å². The third-order valence-electron chi connectivity index (χ3n) is 3.35. The minimum absolute atomic E-state index is 0.0712. The Kier molecular flexibility index (Phi) is 8.47. The Morgan fingerprint density at radius 1 is 1.24 bits per heavy atom. The van der Waals surface area contributed by atoms with Crippen LogP contribution in [0.4, 0.5) is 0 Å². The summed E-state index contributed by atoms with van der Waals surface area (Å²) in [7, 11) is 0. The highest BCUT2D eigenvalue weighted by Crippen LogP contribution is 2.12. The molecule has 0 saturated heterocycles. The molecule has 0 aliphatic heterocycles. The summed E-state index contributed by atoms with van der Waals surface area (Å²) in [6.45, 7) is 9.10. The third kappa shape index (κ3) is 6.60. The number of nitrogens with zero attached hydrogens (tertiary/aromatic N) is 1. The summed E-state index contributed by atoms with van der Waals surface area (Å²) in [5.74, 6) is 0.721. The first-order chi connectivity index (χ1) is 10.2. The molecule has 1 rings (SSSR count). The molecular formula is C16H27N3O2. The monoisotopic (exact) mass is 293 g/mol. The summed E-state index contributed by atoms with van der Waals surface area (Å²) in [6.07, 6.45) is 0.790. The van der Waals surface area contributed by atoms with Crippen molar-refractivity contribution < 1.29 is 9.53 Å². The molecule has 0 bridgehead atoms. The molecule has 5 nitrogen and oxygen atoms in total. The topological polar surface area (TPSA) is 67.6 Å². The zero-order valence-corrected chi connectivity index (χ0v) is 13.1. The molecule has 3 N–H and O–H groups in total. The molecule has 0 aromatic heterocycles.